The van der Waals surface area contributed by atoms with Crippen molar-refractivity contribution in [2.45, 2.75) is 78.9 Å². The number of Topliss-reactive ketones (excluding diaryl/α,β-unsaturated/α-hetero) is 1. The lowest BCUT2D eigenvalue weighted by molar-refractivity contribution is -0.134. The number of carbonyl (C=O) groups is 1. The summed E-state index contributed by atoms with van der Waals surface area (Å²) in [6, 6.07) is 0. The lowest BCUT2D eigenvalue weighted by Gasteiger charge is -2.34. The van der Waals surface area contributed by atoms with Gasteiger partial charge in [-0.25, -0.2) is 0 Å². The molecule has 2 nitrogen and oxygen atoms in total. The van der Waals surface area contributed by atoms with E-state index in [0.29, 0.717) is 11.9 Å². The van der Waals surface area contributed by atoms with Gasteiger partial charge in [-0.05, 0) is 46.5 Å². The van der Waals surface area contributed by atoms with Gasteiger partial charge in [-0.3, -0.25) is 4.79 Å². The molecule has 1 fully saturated rings. The summed E-state index contributed by atoms with van der Waals surface area (Å²) in [6.07, 6.45) is 4.40. The Morgan fingerprint density at radius 2 is 1.41 bits per heavy atom. The van der Waals surface area contributed by atoms with Crippen molar-refractivity contribution in [2.75, 3.05) is 0 Å². The van der Waals surface area contributed by atoms with E-state index in [1.54, 1.807) is 0 Å². The molecule has 0 saturated heterocycles. The Morgan fingerprint density at radius 3 is 1.76 bits per heavy atom. The van der Waals surface area contributed by atoms with Crippen LogP contribution in [0.5, 0.6) is 0 Å². The van der Waals surface area contributed by atoms with Crippen molar-refractivity contribution >= 4 is 5.78 Å². The predicted octanol–water partition coefficient (Wildman–Crippen LogP) is 3.98. The summed E-state index contributed by atoms with van der Waals surface area (Å²) in [5.74, 6) is 0.682. The molecular weight excluding hydrogens is 212 g/mol. The van der Waals surface area contributed by atoms with E-state index >= 15 is 0 Å². The zero-order chi connectivity index (χ0) is 13.3. The highest BCUT2D eigenvalue weighted by atomic mass is 16.5. The fraction of sp³-hybridized carbons (Fsp3) is 0.933. The number of ketones is 1. The van der Waals surface area contributed by atoms with Gasteiger partial charge in [-0.2, -0.15) is 0 Å². The summed E-state index contributed by atoms with van der Waals surface area (Å²) in [6.45, 7) is 12.4. The molecule has 0 radical (unpaired) electrons. The first-order valence-corrected chi connectivity index (χ1v) is 6.82. The molecule has 0 aromatic carbocycles. The molecule has 1 aliphatic rings. The van der Waals surface area contributed by atoms with Crippen molar-refractivity contribution in [2.24, 2.45) is 11.3 Å². The quantitative estimate of drug-likeness (QED) is 0.730. The fourth-order valence-corrected chi connectivity index (χ4v) is 2.56. The van der Waals surface area contributed by atoms with E-state index in [4.69, 9.17) is 4.74 Å². The Morgan fingerprint density at radius 1 is 0.941 bits per heavy atom. The third-order valence-electron chi connectivity index (χ3n) is 3.30. The van der Waals surface area contributed by atoms with Crippen LogP contribution in [0.3, 0.4) is 0 Å². The molecule has 2 heteroatoms. The summed E-state index contributed by atoms with van der Waals surface area (Å²) in [7, 11) is 0. The number of carbonyl (C=O) groups excluding carboxylic acids is 1. The second kappa shape index (κ2) is 5.09. The van der Waals surface area contributed by atoms with Crippen molar-refractivity contribution in [3.63, 3.8) is 0 Å². The van der Waals surface area contributed by atoms with Crippen molar-refractivity contribution in [1.82, 2.24) is 0 Å². The van der Waals surface area contributed by atoms with E-state index in [1.165, 1.54) is 0 Å². The van der Waals surface area contributed by atoms with Gasteiger partial charge in [0.2, 0.25) is 0 Å². The number of rotatable bonds is 2. The van der Waals surface area contributed by atoms with Crippen molar-refractivity contribution < 1.29 is 9.53 Å². The average molecular weight is 240 g/mol. The second-order valence-corrected chi connectivity index (χ2v) is 7.32. The zero-order valence-electron chi connectivity index (χ0n) is 12.3. The maximum Gasteiger partial charge on any atom is 0.141 e. The molecule has 0 N–H and O–H groups in total. The molecule has 0 bridgehead atoms. The van der Waals surface area contributed by atoms with Crippen molar-refractivity contribution in [3.8, 4) is 0 Å². The minimum atomic E-state index is -0.192. The Kier molecular flexibility index (Phi) is 4.40. The summed E-state index contributed by atoms with van der Waals surface area (Å²) < 4.78 is 5.98. The first kappa shape index (κ1) is 14.7. The largest absolute Gasteiger partial charge is 0.373 e. The molecule has 17 heavy (non-hydrogen) atoms. The Labute approximate surface area is 106 Å². The smallest absolute Gasteiger partial charge is 0.141 e. The SMILES string of the molecule is CC(C)(C)OC1CCC(C(=O)C(C)(C)C)CC1. The highest BCUT2D eigenvalue weighted by Gasteiger charge is 2.33. The van der Waals surface area contributed by atoms with Gasteiger partial charge in [-0.15, -0.1) is 0 Å². The first-order chi connectivity index (χ1) is 7.59. The highest BCUT2D eigenvalue weighted by molar-refractivity contribution is 5.86. The molecule has 0 aliphatic heterocycles. The fourth-order valence-electron chi connectivity index (χ4n) is 2.56. The minimum absolute atomic E-state index is 0.0639. The molecule has 100 valence electrons. The predicted molar refractivity (Wildman–Crippen MR) is 71.0 cm³/mol. The molecule has 0 aromatic rings. The van der Waals surface area contributed by atoms with Crippen LogP contribution in [0.25, 0.3) is 0 Å². The van der Waals surface area contributed by atoms with Gasteiger partial charge in [0, 0.05) is 11.3 Å². The summed E-state index contributed by atoms with van der Waals surface area (Å²) in [4.78, 5) is 12.2. The molecule has 0 aromatic heterocycles. The number of ether oxygens (including phenoxy) is 1. The van der Waals surface area contributed by atoms with Gasteiger partial charge in [0.05, 0.1) is 11.7 Å². The van der Waals surface area contributed by atoms with Crippen molar-refractivity contribution in [3.05, 3.63) is 0 Å². The van der Waals surface area contributed by atoms with Crippen LogP contribution < -0.4 is 0 Å². The molecule has 0 amide bonds. The molecule has 1 rings (SSSR count). The average Bonchev–Trinajstić information content (AvgIpc) is 2.14. The monoisotopic (exact) mass is 240 g/mol. The summed E-state index contributed by atoms with van der Waals surface area (Å²) in [5, 5.41) is 0. The van der Waals surface area contributed by atoms with E-state index < -0.39 is 0 Å². The topological polar surface area (TPSA) is 26.3 Å². The van der Waals surface area contributed by atoms with Crippen LogP contribution in [0.1, 0.15) is 67.2 Å². The third-order valence-corrected chi connectivity index (χ3v) is 3.30. The van der Waals surface area contributed by atoms with E-state index in [1.807, 2.05) is 20.8 Å². The first-order valence-electron chi connectivity index (χ1n) is 6.82. The molecule has 0 heterocycles. The Bertz CT molecular complexity index is 260. The van der Waals surface area contributed by atoms with Gasteiger partial charge in [0.15, 0.2) is 0 Å². The molecule has 1 saturated carbocycles. The maximum absolute atomic E-state index is 12.2. The van der Waals surface area contributed by atoms with E-state index in [-0.39, 0.29) is 16.9 Å². The van der Waals surface area contributed by atoms with Gasteiger partial charge in [0.25, 0.3) is 0 Å². The van der Waals surface area contributed by atoms with Crippen LogP contribution in [0.2, 0.25) is 0 Å². The van der Waals surface area contributed by atoms with Gasteiger partial charge >= 0.3 is 0 Å². The van der Waals surface area contributed by atoms with Crippen LogP contribution in [-0.2, 0) is 9.53 Å². The lowest BCUT2D eigenvalue weighted by atomic mass is 9.75. The Balaban J connectivity index is 2.44. The molecule has 0 spiro atoms. The van der Waals surface area contributed by atoms with Crippen LogP contribution in [0, 0.1) is 11.3 Å². The standard InChI is InChI=1S/C15H28O2/c1-14(2,3)13(16)11-7-9-12(10-8-11)17-15(4,5)6/h11-12H,7-10H2,1-6H3. The number of hydrogen-bond donors (Lipinski definition) is 0. The maximum atomic E-state index is 12.2. The Hall–Kier alpha value is -0.370. The van der Waals surface area contributed by atoms with Gasteiger partial charge in [0.1, 0.15) is 5.78 Å². The van der Waals surface area contributed by atoms with E-state index in [0.717, 1.165) is 25.7 Å². The van der Waals surface area contributed by atoms with Crippen LogP contribution in [0.15, 0.2) is 0 Å². The van der Waals surface area contributed by atoms with Gasteiger partial charge in [-0.1, -0.05) is 20.8 Å². The molecule has 0 unspecified atom stereocenters. The molecular formula is C15H28O2. The van der Waals surface area contributed by atoms with Crippen LogP contribution >= 0.6 is 0 Å². The summed E-state index contributed by atoms with van der Waals surface area (Å²) >= 11 is 0. The minimum Gasteiger partial charge on any atom is -0.373 e. The zero-order valence-corrected chi connectivity index (χ0v) is 12.3. The second-order valence-electron chi connectivity index (χ2n) is 7.32. The lowest BCUT2D eigenvalue weighted by Crippen LogP contribution is -2.35. The molecule has 0 atom stereocenters. The number of hydrogen-bond acceptors (Lipinski definition) is 2. The molecule has 1 aliphatic carbocycles. The third kappa shape index (κ3) is 4.79. The highest BCUT2D eigenvalue weighted by Crippen LogP contribution is 2.33. The summed E-state index contributed by atoms with van der Waals surface area (Å²) in [5.41, 5.74) is -0.256. The normalized spacial score (nSPS) is 26.9. The van der Waals surface area contributed by atoms with E-state index in [2.05, 4.69) is 20.8 Å². The van der Waals surface area contributed by atoms with Crippen LogP contribution in [-0.4, -0.2) is 17.5 Å². The van der Waals surface area contributed by atoms with Crippen LogP contribution in [0.4, 0.5) is 0 Å². The van der Waals surface area contributed by atoms with E-state index in [9.17, 15) is 4.79 Å². The van der Waals surface area contributed by atoms with Gasteiger partial charge < -0.3 is 4.74 Å². The van der Waals surface area contributed by atoms with Crippen molar-refractivity contribution in [1.29, 1.82) is 0 Å².